The minimum atomic E-state index is -0.974. The monoisotopic (exact) mass is 280 g/mol. The highest BCUT2D eigenvalue weighted by molar-refractivity contribution is 6.11. The number of ether oxygens (including phenoxy) is 3. The molecular formula is C14H22NO3Si. The van der Waals surface area contributed by atoms with Gasteiger partial charge in [-0.1, -0.05) is 24.3 Å². The molecule has 0 aliphatic carbocycles. The minimum absolute atomic E-state index is 0.411. The van der Waals surface area contributed by atoms with Crippen LogP contribution in [0.5, 0.6) is 0 Å². The molecule has 4 nitrogen and oxygen atoms in total. The van der Waals surface area contributed by atoms with Crippen LogP contribution < -0.4 is 0 Å². The average Bonchev–Trinajstić information content (AvgIpc) is 2.41. The Hall–Kier alpha value is -0.723. The molecule has 3 radical (unpaired) electrons. The summed E-state index contributed by atoms with van der Waals surface area (Å²) in [7, 11) is 12.4. The molecule has 0 saturated heterocycles. The first-order valence-corrected chi connectivity index (χ1v) is 6.66. The van der Waals surface area contributed by atoms with Gasteiger partial charge in [-0.3, -0.25) is 0 Å². The van der Waals surface area contributed by atoms with Gasteiger partial charge in [-0.2, -0.15) is 0 Å². The van der Waals surface area contributed by atoms with Gasteiger partial charge in [0.15, 0.2) is 0 Å². The lowest BCUT2D eigenvalue weighted by atomic mass is 9.98. The molecule has 5 heteroatoms. The van der Waals surface area contributed by atoms with Gasteiger partial charge in [0.1, 0.15) is 0 Å². The molecule has 1 unspecified atom stereocenters. The van der Waals surface area contributed by atoms with E-state index in [4.69, 9.17) is 14.2 Å². The number of nitrogens with zero attached hydrogens (tertiary/aromatic N) is 1. The summed E-state index contributed by atoms with van der Waals surface area (Å²) >= 11 is 0. The Kier molecular flexibility index (Phi) is 6.16. The van der Waals surface area contributed by atoms with E-state index in [0.717, 1.165) is 17.7 Å². The Bertz CT molecular complexity index is 394. The van der Waals surface area contributed by atoms with E-state index in [0.29, 0.717) is 0 Å². The van der Waals surface area contributed by atoms with Gasteiger partial charge in [0.25, 0.3) is 0 Å². The Morgan fingerprint density at radius 1 is 1.16 bits per heavy atom. The Morgan fingerprint density at radius 3 is 2.21 bits per heavy atom. The van der Waals surface area contributed by atoms with E-state index in [1.165, 1.54) is 0 Å². The Labute approximate surface area is 119 Å². The number of hydrogen-bond donors (Lipinski definition) is 0. The summed E-state index contributed by atoms with van der Waals surface area (Å²) in [5.74, 6) is -0.974. The molecule has 1 atom stereocenters. The van der Waals surface area contributed by atoms with Crippen molar-refractivity contribution in [3.05, 3.63) is 35.4 Å². The first-order valence-electron chi connectivity index (χ1n) is 6.09. The van der Waals surface area contributed by atoms with Gasteiger partial charge in [0.05, 0.1) is 16.0 Å². The number of methoxy groups -OCH3 is 3. The molecule has 0 aliphatic heterocycles. The van der Waals surface area contributed by atoms with Crippen LogP contribution >= 0.6 is 0 Å². The molecule has 0 aromatic heterocycles. The van der Waals surface area contributed by atoms with E-state index in [9.17, 15) is 0 Å². The molecular weight excluding hydrogens is 258 g/mol. The number of hydrogen-bond acceptors (Lipinski definition) is 4. The van der Waals surface area contributed by atoms with Crippen LogP contribution in [0.15, 0.2) is 24.3 Å². The van der Waals surface area contributed by atoms with Crippen LogP contribution in [0.3, 0.4) is 0 Å². The van der Waals surface area contributed by atoms with Crippen LogP contribution in [-0.4, -0.2) is 56.3 Å². The van der Waals surface area contributed by atoms with Gasteiger partial charge in [0, 0.05) is 33.4 Å². The summed E-state index contributed by atoms with van der Waals surface area (Å²) in [6.45, 7) is 0.799. The lowest BCUT2D eigenvalue weighted by Crippen LogP contribution is -2.45. The van der Waals surface area contributed by atoms with Crippen molar-refractivity contribution in [3.8, 4) is 0 Å². The van der Waals surface area contributed by atoms with Crippen molar-refractivity contribution in [1.29, 1.82) is 0 Å². The van der Waals surface area contributed by atoms with Crippen molar-refractivity contribution >= 4 is 10.2 Å². The minimum Gasteiger partial charge on any atom is -0.380 e. The van der Waals surface area contributed by atoms with Crippen LogP contribution in [-0.2, 0) is 26.5 Å². The van der Waals surface area contributed by atoms with Gasteiger partial charge in [0.2, 0.25) is 5.79 Å². The van der Waals surface area contributed by atoms with E-state index < -0.39 is 11.5 Å². The lowest BCUT2D eigenvalue weighted by molar-refractivity contribution is -0.254. The quantitative estimate of drug-likeness (QED) is 0.557. The molecule has 0 amide bonds. The molecule has 0 saturated carbocycles. The highest BCUT2D eigenvalue weighted by Crippen LogP contribution is 2.33. The smallest absolute Gasteiger partial charge is 0.217 e. The summed E-state index contributed by atoms with van der Waals surface area (Å²) < 4.78 is 16.6. The fourth-order valence-corrected chi connectivity index (χ4v) is 2.54. The van der Waals surface area contributed by atoms with Crippen molar-refractivity contribution in [2.24, 2.45) is 0 Å². The summed E-state index contributed by atoms with van der Waals surface area (Å²) in [6.07, 6.45) is 0. The molecule has 0 spiro atoms. The topological polar surface area (TPSA) is 30.9 Å². The van der Waals surface area contributed by atoms with Crippen LogP contribution in [0.4, 0.5) is 0 Å². The number of benzene rings is 1. The molecule has 0 N–H and O–H groups in total. The van der Waals surface area contributed by atoms with Gasteiger partial charge in [-0.05, 0) is 19.7 Å². The summed E-state index contributed by atoms with van der Waals surface area (Å²) in [4.78, 5) is 2.10. The maximum atomic E-state index is 5.63. The maximum absolute atomic E-state index is 5.63. The zero-order chi connectivity index (χ0) is 14.5. The Morgan fingerprint density at radius 2 is 1.74 bits per heavy atom. The van der Waals surface area contributed by atoms with Crippen molar-refractivity contribution in [3.63, 3.8) is 0 Å². The van der Waals surface area contributed by atoms with E-state index in [1.807, 2.05) is 32.3 Å². The van der Waals surface area contributed by atoms with E-state index in [-0.39, 0.29) is 0 Å². The third kappa shape index (κ3) is 3.43. The van der Waals surface area contributed by atoms with Gasteiger partial charge >= 0.3 is 0 Å². The molecule has 105 valence electrons. The van der Waals surface area contributed by atoms with Crippen LogP contribution in [0.1, 0.15) is 11.1 Å². The van der Waals surface area contributed by atoms with Gasteiger partial charge < -0.3 is 19.1 Å². The van der Waals surface area contributed by atoms with Gasteiger partial charge in [-0.25, -0.2) is 0 Å². The lowest BCUT2D eigenvalue weighted by Gasteiger charge is -2.37. The molecule has 1 aromatic carbocycles. The van der Waals surface area contributed by atoms with Crippen molar-refractivity contribution in [2.75, 3.05) is 35.4 Å². The molecule has 0 fully saturated rings. The summed E-state index contributed by atoms with van der Waals surface area (Å²) in [6, 6.07) is 8.04. The molecule has 0 bridgehead atoms. The fourth-order valence-electron chi connectivity index (χ4n) is 2.15. The van der Waals surface area contributed by atoms with Crippen molar-refractivity contribution in [2.45, 2.75) is 18.1 Å². The highest BCUT2D eigenvalue weighted by Gasteiger charge is 2.40. The molecule has 1 aromatic rings. The second-order valence-electron chi connectivity index (χ2n) is 4.59. The van der Waals surface area contributed by atoms with E-state index >= 15 is 0 Å². The van der Waals surface area contributed by atoms with Gasteiger partial charge in [-0.15, -0.1) is 0 Å². The normalized spacial score (nSPS) is 13.8. The average molecular weight is 280 g/mol. The zero-order valence-electron chi connectivity index (χ0n) is 12.3. The number of rotatable bonds is 7. The fraction of sp³-hybridized carbons (Fsp3) is 0.571. The SMILES string of the molecule is COC([Si])C(OC)(OC)c1ccccc1CN(C)C. The molecule has 1 rings (SSSR count). The zero-order valence-corrected chi connectivity index (χ0v) is 13.3. The Balaban J connectivity index is 3.30. The summed E-state index contributed by atoms with van der Waals surface area (Å²) in [5.41, 5.74) is 1.68. The second kappa shape index (κ2) is 7.16. The van der Waals surface area contributed by atoms with E-state index in [1.54, 1.807) is 21.3 Å². The first kappa shape index (κ1) is 16.3. The predicted molar refractivity (Wildman–Crippen MR) is 76.1 cm³/mol. The maximum Gasteiger partial charge on any atom is 0.217 e. The standard InChI is InChI=1S/C14H22NO3Si/c1-15(2)10-11-8-6-7-9-12(11)14(17-4,18-5)13(19)16-3/h6-9,13H,10H2,1-5H3. The first-order chi connectivity index (χ1) is 9.01. The van der Waals surface area contributed by atoms with Crippen LogP contribution in [0.2, 0.25) is 0 Å². The van der Waals surface area contributed by atoms with E-state index in [2.05, 4.69) is 21.2 Å². The molecule has 19 heavy (non-hydrogen) atoms. The van der Waals surface area contributed by atoms with Crippen LogP contribution in [0, 0.1) is 0 Å². The molecule has 0 heterocycles. The summed E-state index contributed by atoms with van der Waals surface area (Å²) in [5, 5.41) is 0. The largest absolute Gasteiger partial charge is 0.380 e. The van der Waals surface area contributed by atoms with Crippen LogP contribution in [0.25, 0.3) is 0 Å². The van der Waals surface area contributed by atoms with Crippen molar-refractivity contribution < 1.29 is 14.2 Å². The second-order valence-corrected chi connectivity index (χ2v) is 5.11. The third-order valence-corrected chi connectivity index (χ3v) is 3.68. The molecule has 0 aliphatic rings. The highest BCUT2D eigenvalue weighted by atomic mass is 28.1. The van der Waals surface area contributed by atoms with Crippen molar-refractivity contribution in [1.82, 2.24) is 4.90 Å². The third-order valence-electron chi connectivity index (χ3n) is 3.07. The predicted octanol–water partition coefficient (Wildman–Crippen LogP) is 1.33.